The summed E-state index contributed by atoms with van der Waals surface area (Å²) >= 11 is 1.41. The van der Waals surface area contributed by atoms with Crippen molar-refractivity contribution in [1.82, 2.24) is 19.5 Å². The number of aromatic nitrogens is 4. The van der Waals surface area contributed by atoms with E-state index in [1.54, 1.807) is 0 Å². The van der Waals surface area contributed by atoms with Crippen molar-refractivity contribution in [3.8, 4) is 6.07 Å². The first-order valence-corrected chi connectivity index (χ1v) is 12.4. The van der Waals surface area contributed by atoms with Crippen molar-refractivity contribution < 1.29 is 33.8 Å². The zero-order chi connectivity index (χ0) is 23.3. The van der Waals surface area contributed by atoms with E-state index in [-0.39, 0.29) is 5.82 Å². The SMILES string of the molecule is N#CCCCCCCSc1nc(N)c2ncn([C@@H]3O[C@H](COP(=O)(O)O)[C@@H](O)[C@H]3O)c2n1. The molecule has 1 fully saturated rings. The van der Waals surface area contributed by atoms with Gasteiger partial charge in [0.1, 0.15) is 23.8 Å². The van der Waals surface area contributed by atoms with E-state index in [4.69, 9.17) is 25.5 Å². The minimum Gasteiger partial charge on any atom is -0.387 e. The summed E-state index contributed by atoms with van der Waals surface area (Å²) in [5, 5.41) is 29.6. The number of aliphatic hydroxyl groups excluding tert-OH is 2. The Morgan fingerprint density at radius 1 is 1.25 bits per heavy atom. The van der Waals surface area contributed by atoms with Gasteiger partial charge in [0.25, 0.3) is 0 Å². The Bertz CT molecular complexity index is 1010. The zero-order valence-electron chi connectivity index (χ0n) is 17.0. The summed E-state index contributed by atoms with van der Waals surface area (Å²) in [6.45, 7) is -0.613. The molecule has 2 aromatic rings. The summed E-state index contributed by atoms with van der Waals surface area (Å²) in [6, 6.07) is 2.12. The number of unbranched alkanes of at least 4 members (excludes halogenated alkanes) is 4. The summed E-state index contributed by atoms with van der Waals surface area (Å²) in [5.41, 5.74) is 6.60. The number of thioether (sulfide) groups is 1. The van der Waals surface area contributed by atoms with E-state index < -0.39 is 39.0 Å². The topological polar surface area (TPSA) is 210 Å². The van der Waals surface area contributed by atoms with Gasteiger partial charge in [-0.05, 0) is 12.8 Å². The number of fused-ring (bicyclic) bond motifs is 1. The van der Waals surface area contributed by atoms with Gasteiger partial charge in [-0.25, -0.2) is 19.5 Å². The molecule has 6 N–H and O–H groups in total. The van der Waals surface area contributed by atoms with Crippen molar-refractivity contribution in [3.63, 3.8) is 0 Å². The molecule has 32 heavy (non-hydrogen) atoms. The molecule has 176 valence electrons. The minimum absolute atomic E-state index is 0.152. The molecule has 0 radical (unpaired) electrons. The van der Waals surface area contributed by atoms with Crippen molar-refractivity contribution in [2.75, 3.05) is 18.1 Å². The van der Waals surface area contributed by atoms with Crippen molar-refractivity contribution in [2.45, 2.75) is 61.8 Å². The largest absolute Gasteiger partial charge is 0.469 e. The number of imidazole rings is 1. The fourth-order valence-electron chi connectivity index (χ4n) is 3.26. The average molecular weight is 488 g/mol. The number of nitriles is 1. The molecule has 0 spiro atoms. The van der Waals surface area contributed by atoms with Crippen LogP contribution in [0, 0.1) is 11.3 Å². The van der Waals surface area contributed by atoms with Gasteiger partial charge >= 0.3 is 7.82 Å². The predicted molar refractivity (Wildman–Crippen MR) is 113 cm³/mol. The van der Waals surface area contributed by atoms with Crippen LogP contribution in [0.5, 0.6) is 0 Å². The van der Waals surface area contributed by atoms with E-state index >= 15 is 0 Å². The van der Waals surface area contributed by atoms with Gasteiger partial charge in [0.15, 0.2) is 22.8 Å². The third kappa shape index (κ3) is 6.15. The minimum atomic E-state index is -4.76. The lowest BCUT2D eigenvalue weighted by molar-refractivity contribution is -0.0504. The number of anilines is 1. The van der Waals surface area contributed by atoms with Crippen LogP contribution in [0.3, 0.4) is 0 Å². The second-order valence-corrected chi connectivity index (χ2v) is 9.52. The second kappa shape index (κ2) is 10.9. The third-order valence-electron chi connectivity index (χ3n) is 4.86. The Morgan fingerprint density at radius 2 is 2.00 bits per heavy atom. The second-order valence-electron chi connectivity index (χ2n) is 7.22. The molecule has 15 heteroatoms. The maximum atomic E-state index is 10.9. The fourth-order valence-corrected chi connectivity index (χ4v) is 4.44. The number of phosphoric ester groups is 1. The Balaban J connectivity index is 1.69. The number of nitrogens with two attached hydrogens (primary N) is 1. The molecule has 3 rings (SSSR count). The first-order valence-electron chi connectivity index (χ1n) is 9.92. The standard InChI is InChI=1S/C17H25N6O7PS/c18-6-4-2-1-3-5-7-32-17-21-14(19)11-15(22-17)23(9-20-11)16-13(25)12(24)10(30-16)8-29-31(26,27)28/h9-10,12-13,16,24-25H,1-5,7-8H2,(H2,19,21,22)(H2,26,27,28)/t10-,12-,13-,16-/m1/s1. The molecular weight excluding hydrogens is 463 g/mol. The van der Waals surface area contributed by atoms with E-state index in [0.717, 1.165) is 31.4 Å². The van der Waals surface area contributed by atoms with Crippen LogP contribution in [0.2, 0.25) is 0 Å². The normalized spacial score (nSPS) is 23.6. The number of nitrogens with zero attached hydrogens (tertiary/aromatic N) is 5. The molecule has 13 nitrogen and oxygen atoms in total. The number of hydrogen-bond donors (Lipinski definition) is 5. The molecule has 1 saturated heterocycles. The van der Waals surface area contributed by atoms with Gasteiger partial charge < -0.3 is 30.5 Å². The van der Waals surface area contributed by atoms with E-state index in [1.165, 1.54) is 22.7 Å². The highest BCUT2D eigenvalue weighted by molar-refractivity contribution is 7.99. The summed E-state index contributed by atoms with van der Waals surface area (Å²) in [4.78, 5) is 30.6. The van der Waals surface area contributed by atoms with E-state index in [1.807, 2.05) is 0 Å². The maximum Gasteiger partial charge on any atom is 0.469 e. The molecule has 0 bridgehead atoms. The molecule has 0 saturated carbocycles. The predicted octanol–water partition coefficient (Wildman–Crippen LogP) is 0.703. The first-order chi connectivity index (χ1) is 15.2. The number of ether oxygens (including phenoxy) is 1. The summed E-state index contributed by atoms with van der Waals surface area (Å²) < 4.78 is 22.3. The lowest BCUT2D eigenvalue weighted by atomic mass is 10.1. The van der Waals surface area contributed by atoms with E-state index in [9.17, 15) is 14.8 Å². The molecule has 2 aromatic heterocycles. The van der Waals surface area contributed by atoms with Crippen molar-refractivity contribution in [2.24, 2.45) is 0 Å². The molecule has 1 aliphatic heterocycles. The lowest BCUT2D eigenvalue weighted by Crippen LogP contribution is -2.33. The van der Waals surface area contributed by atoms with Gasteiger partial charge in [0.05, 0.1) is 19.0 Å². The van der Waals surface area contributed by atoms with Crippen LogP contribution in [-0.4, -0.2) is 70.2 Å². The number of hydrogen-bond acceptors (Lipinski definition) is 11. The van der Waals surface area contributed by atoms with E-state index in [2.05, 4.69) is 25.5 Å². The molecule has 3 heterocycles. The summed E-state index contributed by atoms with van der Waals surface area (Å²) in [7, 11) is -4.76. The number of aliphatic hydroxyl groups is 2. The monoisotopic (exact) mass is 488 g/mol. The molecule has 0 aromatic carbocycles. The molecule has 0 amide bonds. The van der Waals surface area contributed by atoms with Crippen LogP contribution >= 0.6 is 19.6 Å². The number of nitrogen functional groups attached to an aromatic ring is 1. The fraction of sp³-hybridized carbons (Fsp3) is 0.647. The molecule has 4 atom stereocenters. The van der Waals surface area contributed by atoms with Gasteiger partial charge in [-0.15, -0.1) is 0 Å². The van der Waals surface area contributed by atoms with Gasteiger partial charge in [0, 0.05) is 12.2 Å². The Kier molecular flexibility index (Phi) is 8.43. The first kappa shape index (κ1) is 24.8. The summed E-state index contributed by atoms with van der Waals surface area (Å²) in [5.74, 6) is 0.911. The highest BCUT2D eigenvalue weighted by atomic mass is 32.2. The van der Waals surface area contributed by atoms with Crippen LogP contribution in [0.15, 0.2) is 11.5 Å². The quantitative estimate of drug-likeness (QED) is 0.128. The smallest absolute Gasteiger partial charge is 0.387 e. The van der Waals surface area contributed by atoms with Crippen molar-refractivity contribution in [1.29, 1.82) is 5.26 Å². The van der Waals surface area contributed by atoms with Gasteiger partial charge in [-0.1, -0.05) is 24.6 Å². The lowest BCUT2D eigenvalue weighted by Gasteiger charge is -2.17. The molecule has 0 unspecified atom stereocenters. The Labute approximate surface area is 187 Å². The molecule has 0 aliphatic carbocycles. The van der Waals surface area contributed by atoms with Gasteiger partial charge in [0.2, 0.25) is 0 Å². The van der Waals surface area contributed by atoms with Crippen molar-refractivity contribution in [3.05, 3.63) is 6.33 Å². The van der Waals surface area contributed by atoms with Crippen LogP contribution in [0.1, 0.15) is 38.3 Å². The van der Waals surface area contributed by atoms with Crippen LogP contribution in [0.4, 0.5) is 5.82 Å². The number of rotatable bonds is 11. The van der Waals surface area contributed by atoms with Gasteiger partial charge in [-0.3, -0.25) is 9.09 Å². The number of phosphoric acid groups is 1. The van der Waals surface area contributed by atoms with Crippen molar-refractivity contribution >= 4 is 36.6 Å². The van der Waals surface area contributed by atoms with Crippen LogP contribution < -0.4 is 5.73 Å². The highest BCUT2D eigenvalue weighted by Gasteiger charge is 2.45. The maximum absolute atomic E-state index is 10.9. The molecular formula is C17H25N6O7PS. The molecule has 1 aliphatic rings. The van der Waals surface area contributed by atoms with Crippen LogP contribution in [-0.2, 0) is 13.8 Å². The zero-order valence-corrected chi connectivity index (χ0v) is 18.7. The van der Waals surface area contributed by atoms with Crippen LogP contribution in [0.25, 0.3) is 11.2 Å². The third-order valence-corrected chi connectivity index (χ3v) is 6.28. The highest BCUT2D eigenvalue weighted by Crippen LogP contribution is 2.39. The summed E-state index contributed by atoms with van der Waals surface area (Å²) in [6.07, 6.45) is 0.520. The Morgan fingerprint density at radius 3 is 2.72 bits per heavy atom. The van der Waals surface area contributed by atoms with Gasteiger partial charge in [-0.2, -0.15) is 5.26 Å². The Hall–Kier alpha value is -1.82. The average Bonchev–Trinajstić information content (AvgIpc) is 3.27. The van der Waals surface area contributed by atoms with E-state index in [0.29, 0.717) is 22.7 Å².